The van der Waals surface area contributed by atoms with Crippen LogP contribution >= 0.6 is 35.6 Å². The standard InChI is InChI=1S/C16H16ClNO4S2/c17-11-5-6-12(19)10(8-11)9-13-15(22)18(16(23)24-13)7-3-1-2-4-14(20)21/h5-6,8-9,19H,1-4,7H2,(H,20,21)/p-1/b13-9+. The van der Waals surface area contributed by atoms with Crippen molar-refractivity contribution in [2.45, 2.75) is 25.7 Å². The van der Waals surface area contributed by atoms with E-state index >= 15 is 0 Å². The molecule has 0 spiro atoms. The van der Waals surface area contributed by atoms with Crippen LogP contribution in [0.2, 0.25) is 5.02 Å². The van der Waals surface area contributed by atoms with Crippen molar-refractivity contribution in [3.63, 3.8) is 0 Å². The first-order chi connectivity index (χ1) is 11.4. The maximum absolute atomic E-state index is 12.4. The van der Waals surface area contributed by atoms with E-state index in [1.54, 1.807) is 18.2 Å². The molecule has 1 aromatic rings. The molecule has 128 valence electrons. The normalized spacial score (nSPS) is 16.2. The van der Waals surface area contributed by atoms with Gasteiger partial charge in [0.15, 0.2) is 0 Å². The van der Waals surface area contributed by atoms with Crippen LogP contribution in [0.3, 0.4) is 0 Å². The highest BCUT2D eigenvalue weighted by Gasteiger charge is 2.31. The summed E-state index contributed by atoms with van der Waals surface area (Å²) in [7, 11) is 0. The molecular formula is C16H15ClNO4S2-. The number of carbonyl (C=O) groups excluding carboxylic acids is 2. The Morgan fingerprint density at radius 3 is 2.83 bits per heavy atom. The summed E-state index contributed by atoms with van der Waals surface area (Å²) in [6.45, 7) is 0.441. The number of thiocarbonyl (C=S) groups is 1. The van der Waals surface area contributed by atoms with Crippen molar-refractivity contribution in [2.24, 2.45) is 0 Å². The number of thioether (sulfide) groups is 1. The van der Waals surface area contributed by atoms with Gasteiger partial charge in [-0.2, -0.15) is 0 Å². The summed E-state index contributed by atoms with van der Waals surface area (Å²) in [5.41, 5.74) is 0.456. The van der Waals surface area contributed by atoms with E-state index < -0.39 is 5.97 Å². The lowest BCUT2D eigenvalue weighted by Crippen LogP contribution is -2.29. The zero-order valence-corrected chi connectivity index (χ0v) is 15.0. The zero-order valence-electron chi connectivity index (χ0n) is 12.7. The number of carboxylic acids is 1. The van der Waals surface area contributed by atoms with Gasteiger partial charge >= 0.3 is 0 Å². The van der Waals surface area contributed by atoms with E-state index in [0.29, 0.717) is 45.6 Å². The molecule has 0 saturated carbocycles. The van der Waals surface area contributed by atoms with Crippen molar-refractivity contribution in [1.82, 2.24) is 4.90 Å². The number of carboxylic acid groups (broad SMARTS) is 1. The van der Waals surface area contributed by atoms with Gasteiger partial charge in [0, 0.05) is 23.1 Å². The number of aromatic hydroxyl groups is 1. The molecule has 24 heavy (non-hydrogen) atoms. The van der Waals surface area contributed by atoms with Crippen LogP contribution < -0.4 is 5.11 Å². The quantitative estimate of drug-likeness (QED) is 0.442. The molecule has 1 amide bonds. The largest absolute Gasteiger partial charge is 0.550 e. The molecule has 5 nitrogen and oxygen atoms in total. The molecule has 1 N–H and O–H groups in total. The van der Waals surface area contributed by atoms with Gasteiger partial charge in [0.05, 0.1) is 4.91 Å². The monoisotopic (exact) mass is 384 g/mol. The zero-order chi connectivity index (χ0) is 17.7. The van der Waals surface area contributed by atoms with Crippen LogP contribution in [0.1, 0.15) is 31.2 Å². The van der Waals surface area contributed by atoms with Crippen LogP contribution in [-0.4, -0.2) is 32.7 Å². The average molecular weight is 385 g/mol. The van der Waals surface area contributed by atoms with Crippen molar-refractivity contribution < 1.29 is 19.8 Å². The summed E-state index contributed by atoms with van der Waals surface area (Å²) in [6.07, 6.45) is 3.45. The number of halogens is 1. The van der Waals surface area contributed by atoms with E-state index in [1.807, 2.05) is 0 Å². The smallest absolute Gasteiger partial charge is 0.266 e. The minimum Gasteiger partial charge on any atom is -0.550 e. The lowest BCUT2D eigenvalue weighted by Gasteiger charge is -2.14. The Morgan fingerprint density at radius 1 is 1.38 bits per heavy atom. The van der Waals surface area contributed by atoms with Crippen molar-refractivity contribution in [1.29, 1.82) is 0 Å². The highest BCUT2D eigenvalue weighted by molar-refractivity contribution is 8.26. The Morgan fingerprint density at radius 2 is 2.12 bits per heavy atom. The van der Waals surface area contributed by atoms with Gasteiger partial charge in [-0.25, -0.2) is 0 Å². The fraction of sp³-hybridized carbons (Fsp3) is 0.312. The van der Waals surface area contributed by atoms with Gasteiger partial charge < -0.3 is 15.0 Å². The number of phenolic OH excluding ortho intramolecular Hbond substituents is 1. The summed E-state index contributed by atoms with van der Waals surface area (Å²) in [6, 6.07) is 4.60. The Hall–Kier alpha value is -1.57. The molecule has 0 aromatic heterocycles. The molecule has 1 fully saturated rings. The molecular weight excluding hydrogens is 370 g/mol. The predicted molar refractivity (Wildman–Crippen MR) is 96.5 cm³/mol. The lowest BCUT2D eigenvalue weighted by atomic mass is 10.1. The highest BCUT2D eigenvalue weighted by atomic mass is 35.5. The third kappa shape index (κ3) is 4.96. The summed E-state index contributed by atoms with van der Waals surface area (Å²) in [5, 5.41) is 20.6. The van der Waals surface area contributed by atoms with Crippen LogP contribution in [-0.2, 0) is 9.59 Å². The summed E-state index contributed by atoms with van der Waals surface area (Å²) in [4.78, 5) is 24.7. The van der Waals surface area contributed by atoms with E-state index in [0.717, 1.165) is 0 Å². The number of amides is 1. The molecule has 0 atom stereocenters. The van der Waals surface area contributed by atoms with Crippen LogP contribution in [0.25, 0.3) is 6.08 Å². The second-order valence-electron chi connectivity index (χ2n) is 5.22. The third-order valence-electron chi connectivity index (χ3n) is 3.41. The first-order valence-electron chi connectivity index (χ1n) is 7.32. The maximum atomic E-state index is 12.4. The molecule has 1 saturated heterocycles. The van der Waals surface area contributed by atoms with E-state index in [1.165, 1.54) is 22.7 Å². The Kier molecular flexibility index (Phi) is 6.65. The minimum absolute atomic E-state index is 0.0202. The SMILES string of the molecule is O=C([O-])CCCCCN1C(=O)/C(=C\c2cc(Cl)ccc2O)SC1=S. The van der Waals surface area contributed by atoms with E-state index in [9.17, 15) is 19.8 Å². The van der Waals surface area contributed by atoms with Crippen molar-refractivity contribution in [3.05, 3.63) is 33.7 Å². The number of hydrogen-bond acceptors (Lipinski definition) is 6. The topological polar surface area (TPSA) is 80.7 Å². The molecule has 2 rings (SSSR count). The van der Waals surface area contributed by atoms with Gasteiger partial charge in [-0.1, -0.05) is 42.0 Å². The Bertz CT molecular complexity index is 705. The van der Waals surface area contributed by atoms with E-state index in [2.05, 4.69) is 0 Å². The van der Waals surface area contributed by atoms with Crippen LogP contribution in [0.5, 0.6) is 5.75 Å². The Balaban J connectivity index is 1.99. The van der Waals surface area contributed by atoms with Gasteiger partial charge in [-0.05, 0) is 43.5 Å². The third-order valence-corrected chi connectivity index (χ3v) is 5.03. The second-order valence-corrected chi connectivity index (χ2v) is 7.33. The molecule has 1 aromatic carbocycles. The number of unbranched alkanes of at least 4 members (excludes halogenated alkanes) is 2. The first kappa shape index (κ1) is 18.8. The summed E-state index contributed by atoms with van der Waals surface area (Å²) < 4.78 is 0.452. The van der Waals surface area contributed by atoms with E-state index in [4.69, 9.17) is 23.8 Å². The average Bonchev–Trinajstić information content (AvgIpc) is 2.77. The van der Waals surface area contributed by atoms with Gasteiger partial charge in [-0.3, -0.25) is 9.69 Å². The number of hydrogen-bond donors (Lipinski definition) is 1. The fourth-order valence-corrected chi connectivity index (χ4v) is 3.67. The number of aliphatic carboxylic acids is 1. The lowest BCUT2D eigenvalue weighted by molar-refractivity contribution is -0.305. The summed E-state index contributed by atoms with van der Waals surface area (Å²) >= 11 is 12.3. The van der Waals surface area contributed by atoms with Crippen molar-refractivity contribution in [2.75, 3.05) is 6.54 Å². The molecule has 0 radical (unpaired) electrons. The fourth-order valence-electron chi connectivity index (χ4n) is 2.19. The molecule has 1 aliphatic heterocycles. The Labute approximate surface area is 154 Å². The van der Waals surface area contributed by atoms with Gasteiger partial charge in [0.25, 0.3) is 5.91 Å². The number of benzene rings is 1. The van der Waals surface area contributed by atoms with Crippen molar-refractivity contribution in [3.8, 4) is 5.75 Å². The number of rotatable bonds is 7. The number of phenols is 1. The second kappa shape index (κ2) is 8.50. The highest BCUT2D eigenvalue weighted by Crippen LogP contribution is 2.34. The predicted octanol–water partition coefficient (Wildman–Crippen LogP) is 2.56. The summed E-state index contributed by atoms with van der Waals surface area (Å²) in [5.74, 6) is -1.25. The van der Waals surface area contributed by atoms with Gasteiger partial charge in [-0.15, -0.1) is 0 Å². The molecule has 0 aliphatic carbocycles. The molecule has 8 heteroatoms. The number of carbonyl (C=O) groups is 2. The van der Waals surface area contributed by atoms with Crippen LogP contribution in [0.15, 0.2) is 23.1 Å². The first-order valence-corrected chi connectivity index (χ1v) is 8.92. The molecule has 1 heterocycles. The van der Waals surface area contributed by atoms with Crippen LogP contribution in [0.4, 0.5) is 0 Å². The molecule has 0 unspecified atom stereocenters. The molecule has 0 bridgehead atoms. The van der Waals surface area contributed by atoms with Gasteiger partial charge in [0.1, 0.15) is 10.1 Å². The maximum Gasteiger partial charge on any atom is 0.266 e. The van der Waals surface area contributed by atoms with Crippen molar-refractivity contribution >= 4 is 57.9 Å². The molecule has 1 aliphatic rings. The minimum atomic E-state index is -1.06. The van der Waals surface area contributed by atoms with E-state index in [-0.39, 0.29) is 18.1 Å². The number of nitrogens with zero attached hydrogens (tertiary/aromatic N) is 1. The van der Waals surface area contributed by atoms with Gasteiger partial charge in [0.2, 0.25) is 0 Å². The van der Waals surface area contributed by atoms with Crippen LogP contribution in [0, 0.1) is 0 Å².